The summed E-state index contributed by atoms with van der Waals surface area (Å²) in [6.45, 7) is 0. The fourth-order valence-corrected chi connectivity index (χ4v) is 5.03. The molecule has 3 aromatic rings. The second-order valence-electron chi connectivity index (χ2n) is 6.57. The van der Waals surface area contributed by atoms with Gasteiger partial charge in [-0.15, -0.1) is 11.8 Å². The Morgan fingerprint density at radius 2 is 1.75 bits per heavy atom. The number of benzene rings is 2. The number of fused-ring (bicyclic) bond motifs is 1. The molecule has 1 aliphatic rings. The molecule has 0 saturated carbocycles. The van der Waals surface area contributed by atoms with Crippen LogP contribution in [-0.2, 0) is 11.8 Å². The van der Waals surface area contributed by atoms with Crippen molar-refractivity contribution < 1.29 is 9.53 Å². The van der Waals surface area contributed by atoms with Crippen LogP contribution in [0.5, 0.6) is 5.75 Å². The Bertz CT molecular complexity index is 1070. The predicted molar refractivity (Wildman–Crippen MR) is 114 cm³/mol. The first-order valence-corrected chi connectivity index (χ1v) is 10.9. The molecule has 7 heteroatoms. The summed E-state index contributed by atoms with van der Waals surface area (Å²) >= 11 is 2.90. The van der Waals surface area contributed by atoms with Gasteiger partial charge in [-0.05, 0) is 48.2 Å². The molecule has 0 spiro atoms. The van der Waals surface area contributed by atoms with Gasteiger partial charge in [0.05, 0.1) is 17.7 Å². The zero-order valence-corrected chi connectivity index (χ0v) is 17.5. The molecule has 28 heavy (non-hydrogen) atoms. The summed E-state index contributed by atoms with van der Waals surface area (Å²) in [7, 11) is 3.33. The highest BCUT2D eigenvalue weighted by Crippen LogP contribution is 2.44. The first-order valence-electron chi connectivity index (χ1n) is 8.84. The van der Waals surface area contributed by atoms with Crippen LogP contribution < -0.4 is 14.5 Å². The molecule has 0 unspecified atom stereocenters. The van der Waals surface area contributed by atoms with Crippen LogP contribution in [-0.4, -0.2) is 23.8 Å². The Morgan fingerprint density at radius 3 is 2.36 bits per heavy atom. The molecular weight excluding hydrogens is 392 g/mol. The van der Waals surface area contributed by atoms with Crippen LogP contribution in [0.25, 0.3) is 0 Å². The lowest BCUT2D eigenvalue weighted by molar-refractivity contribution is -0.118. The van der Waals surface area contributed by atoms with E-state index in [1.54, 1.807) is 35.4 Å². The lowest BCUT2D eigenvalue weighted by Gasteiger charge is -2.32. The summed E-state index contributed by atoms with van der Waals surface area (Å²) in [5, 5.41) is 0. The number of aromatic nitrogens is 1. The number of nitrogens with zero attached hydrogens (tertiary/aromatic N) is 2. The van der Waals surface area contributed by atoms with Crippen LogP contribution in [0.3, 0.4) is 0 Å². The third-order valence-corrected chi connectivity index (χ3v) is 6.89. The third-order valence-electron chi connectivity index (χ3n) is 5.01. The minimum Gasteiger partial charge on any atom is -0.497 e. The van der Waals surface area contributed by atoms with Gasteiger partial charge >= 0.3 is 4.87 Å². The number of hydrogen-bond donors (Lipinski definition) is 0. The van der Waals surface area contributed by atoms with Crippen LogP contribution in [0.4, 0.5) is 11.5 Å². The third kappa shape index (κ3) is 3.14. The summed E-state index contributed by atoms with van der Waals surface area (Å²) in [5.74, 6) is 1.26. The maximum atomic E-state index is 13.2. The van der Waals surface area contributed by atoms with Gasteiger partial charge < -0.3 is 4.74 Å². The molecule has 1 aromatic heterocycles. The van der Waals surface area contributed by atoms with Gasteiger partial charge in [-0.2, -0.15) is 0 Å². The fourth-order valence-electron chi connectivity index (χ4n) is 3.53. The molecule has 0 N–H and O–H groups in total. The molecule has 2 aromatic carbocycles. The van der Waals surface area contributed by atoms with Crippen molar-refractivity contribution in [3.05, 3.63) is 68.6 Å². The molecule has 144 valence electrons. The quantitative estimate of drug-likeness (QED) is 0.597. The Hall–Kier alpha value is -2.51. The van der Waals surface area contributed by atoms with Crippen molar-refractivity contribution in [1.82, 2.24) is 4.57 Å². The molecule has 5 nitrogen and oxygen atoms in total. The summed E-state index contributed by atoms with van der Waals surface area (Å²) in [6.07, 6.45) is 2.37. The number of carbonyl (C=O) groups excluding carboxylic acids is 1. The number of methoxy groups -OCH3 is 1. The van der Waals surface area contributed by atoms with E-state index >= 15 is 0 Å². The van der Waals surface area contributed by atoms with Crippen molar-refractivity contribution in [3.63, 3.8) is 0 Å². The van der Waals surface area contributed by atoms with Crippen molar-refractivity contribution in [3.8, 4) is 5.75 Å². The Kier molecular flexibility index (Phi) is 5.03. The number of thiazole rings is 1. The Labute approximate surface area is 171 Å². The lowest BCUT2D eigenvalue weighted by Crippen LogP contribution is -2.34. The Morgan fingerprint density at radius 1 is 1.07 bits per heavy atom. The standard InChI is InChI=1S/C21H20N2O3S2/c1-22-20-19(28-21(22)25)17(13-4-10-16(27-3)11-5-13)12-18(24)23(20)14-6-8-15(26-2)9-7-14/h4-11,17H,12H2,1-3H3/t17-/m1/s1. The van der Waals surface area contributed by atoms with Gasteiger partial charge in [0.25, 0.3) is 0 Å². The average molecular weight is 413 g/mol. The van der Waals surface area contributed by atoms with Gasteiger partial charge in [0, 0.05) is 24.3 Å². The highest BCUT2D eigenvalue weighted by atomic mass is 32.2. The van der Waals surface area contributed by atoms with E-state index in [9.17, 15) is 9.59 Å². The molecule has 0 aliphatic carbocycles. The second-order valence-corrected chi connectivity index (χ2v) is 8.44. The highest BCUT2D eigenvalue weighted by molar-refractivity contribution is 7.98. The number of amides is 1. The van der Waals surface area contributed by atoms with Crippen LogP contribution in [0.2, 0.25) is 0 Å². The molecule has 0 saturated heterocycles. The molecule has 0 radical (unpaired) electrons. The smallest absolute Gasteiger partial charge is 0.308 e. The summed E-state index contributed by atoms with van der Waals surface area (Å²) in [4.78, 5) is 29.3. The highest BCUT2D eigenvalue weighted by Gasteiger charge is 2.37. The van der Waals surface area contributed by atoms with E-state index in [-0.39, 0.29) is 16.7 Å². The molecule has 0 fully saturated rings. The second kappa shape index (κ2) is 7.48. The normalized spacial score (nSPS) is 16.2. The largest absolute Gasteiger partial charge is 0.497 e. The summed E-state index contributed by atoms with van der Waals surface area (Å²) in [5.41, 5.74) is 1.79. The minimum absolute atomic E-state index is 0.0231. The van der Waals surface area contributed by atoms with Gasteiger partial charge in [-0.1, -0.05) is 23.5 Å². The van der Waals surface area contributed by atoms with Gasteiger partial charge in [0.15, 0.2) is 0 Å². The fraction of sp³-hybridized carbons (Fsp3) is 0.238. The number of rotatable bonds is 4. The van der Waals surface area contributed by atoms with E-state index in [1.807, 2.05) is 30.5 Å². The predicted octanol–water partition coefficient (Wildman–Crippen LogP) is 4.38. The maximum absolute atomic E-state index is 13.2. The Balaban J connectivity index is 1.82. The monoisotopic (exact) mass is 412 g/mol. The average Bonchev–Trinajstić information content (AvgIpc) is 3.02. The first-order chi connectivity index (χ1) is 13.5. The molecule has 1 aliphatic heterocycles. The van der Waals surface area contributed by atoms with Crippen molar-refractivity contribution >= 4 is 40.5 Å². The van der Waals surface area contributed by atoms with Crippen molar-refractivity contribution in [2.75, 3.05) is 18.3 Å². The zero-order chi connectivity index (χ0) is 19.8. The number of thioether (sulfide) groups is 1. The maximum Gasteiger partial charge on any atom is 0.308 e. The lowest BCUT2D eigenvalue weighted by atomic mass is 9.90. The number of hydrogen-bond acceptors (Lipinski definition) is 5. The number of ether oxygens (including phenoxy) is 1. The number of carbonyl (C=O) groups is 1. The molecule has 0 bridgehead atoms. The summed E-state index contributed by atoms with van der Waals surface area (Å²) in [6, 6.07) is 15.6. The van der Waals surface area contributed by atoms with E-state index in [0.717, 1.165) is 21.9 Å². The zero-order valence-electron chi connectivity index (χ0n) is 15.8. The van der Waals surface area contributed by atoms with Crippen molar-refractivity contribution in [1.29, 1.82) is 0 Å². The number of anilines is 2. The van der Waals surface area contributed by atoms with Crippen LogP contribution in [0.15, 0.2) is 58.2 Å². The molecule has 2 heterocycles. The van der Waals surface area contributed by atoms with Crippen LogP contribution in [0, 0.1) is 0 Å². The van der Waals surface area contributed by atoms with E-state index in [1.165, 1.54) is 16.2 Å². The van der Waals surface area contributed by atoms with Crippen molar-refractivity contribution in [2.24, 2.45) is 7.05 Å². The van der Waals surface area contributed by atoms with Gasteiger partial charge in [-0.3, -0.25) is 19.1 Å². The van der Waals surface area contributed by atoms with E-state index in [4.69, 9.17) is 4.74 Å². The first kappa shape index (κ1) is 18.8. The SMILES string of the molecule is COc1ccc(N2C(=O)C[C@H](c3ccc(SC)cc3)c3sc(=O)n(C)c32)cc1. The minimum atomic E-state index is -0.105. The molecule has 1 amide bonds. The summed E-state index contributed by atoms with van der Waals surface area (Å²) < 4.78 is 6.79. The van der Waals surface area contributed by atoms with Crippen LogP contribution >= 0.6 is 23.1 Å². The van der Waals surface area contributed by atoms with Crippen molar-refractivity contribution in [2.45, 2.75) is 17.2 Å². The van der Waals surface area contributed by atoms with Gasteiger partial charge in [0.1, 0.15) is 11.6 Å². The van der Waals surface area contributed by atoms with Gasteiger partial charge in [-0.25, -0.2) is 0 Å². The van der Waals surface area contributed by atoms with E-state index in [2.05, 4.69) is 24.3 Å². The molecule has 4 rings (SSSR count). The molecule has 1 atom stereocenters. The molecular formula is C21H20N2O3S2. The topological polar surface area (TPSA) is 51.5 Å². The van der Waals surface area contributed by atoms with Crippen LogP contribution in [0.1, 0.15) is 22.8 Å². The van der Waals surface area contributed by atoms with E-state index in [0.29, 0.717) is 12.2 Å². The van der Waals surface area contributed by atoms with Gasteiger partial charge in [0.2, 0.25) is 5.91 Å². The van der Waals surface area contributed by atoms with E-state index < -0.39 is 0 Å².